The van der Waals surface area contributed by atoms with E-state index in [2.05, 4.69) is 11.4 Å². The molecule has 3 nitrogen and oxygen atoms in total. The lowest BCUT2D eigenvalue weighted by molar-refractivity contribution is -0.122. The second-order valence-corrected chi connectivity index (χ2v) is 6.30. The minimum absolute atomic E-state index is 0.00895. The van der Waals surface area contributed by atoms with Crippen LogP contribution in [0.4, 0.5) is 0 Å². The lowest BCUT2D eigenvalue weighted by Crippen LogP contribution is -2.43. The largest absolute Gasteiger partial charge is 0.383 e. The highest BCUT2D eigenvalue weighted by molar-refractivity contribution is 5.76. The van der Waals surface area contributed by atoms with Gasteiger partial charge in [-0.05, 0) is 42.4 Å². The fraction of sp³-hybridized carbons (Fsp3) is 0.350. The van der Waals surface area contributed by atoms with Crippen molar-refractivity contribution >= 4 is 5.91 Å². The van der Waals surface area contributed by atoms with Crippen molar-refractivity contribution < 1.29 is 9.90 Å². The molecular weight excluding hydrogens is 286 g/mol. The van der Waals surface area contributed by atoms with Gasteiger partial charge in [0.25, 0.3) is 0 Å². The van der Waals surface area contributed by atoms with Crippen LogP contribution in [0.3, 0.4) is 0 Å². The van der Waals surface area contributed by atoms with Crippen molar-refractivity contribution in [1.29, 1.82) is 0 Å². The van der Waals surface area contributed by atoms with Crippen molar-refractivity contribution in [3.8, 4) is 0 Å². The first-order chi connectivity index (χ1) is 11.2. The first kappa shape index (κ1) is 15.8. The van der Waals surface area contributed by atoms with Crippen molar-refractivity contribution in [3.05, 3.63) is 71.3 Å². The van der Waals surface area contributed by atoms with Crippen LogP contribution in [-0.2, 0) is 23.2 Å². The van der Waals surface area contributed by atoms with Crippen LogP contribution in [0.15, 0.2) is 54.6 Å². The van der Waals surface area contributed by atoms with Gasteiger partial charge in [-0.15, -0.1) is 0 Å². The SMILES string of the molecule is O=C(CCc1ccccc1)NCC1(O)CCCc2ccccc21. The molecule has 0 fully saturated rings. The van der Waals surface area contributed by atoms with E-state index in [1.807, 2.05) is 48.5 Å². The topological polar surface area (TPSA) is 49.3 Å². The Morgan fingerprint density at radius 3 is 2.65 bits per heavy atom. The zero-order chi connectivity index (χ0) is 16.1. The fourth-order valence-corrected chi connectivity index (χ4v) is 3.32. The number of nitrogens with one attached hydrogen (secondary N) is 1. The Bertz CT molecular complexity index is 668. The van der Waals surface area contributed by atoms with E-state index in [0.717, 1.165) is 30.4 Å². The van der Waals surface area contributed by atoms with E-state index < -0.39 is 5.60 Å². The number of fused-ring (bicyclic) bond motifs is 1. The fourth-order valence-electron chi connectivity index (χ4n) is 3.32. The molecule has 1 aliphatic rings. The predicted octanol–water partition coefficient (Wildman–Crippen LogP) is 2.96. The van der Waals surface area contributed by atoms with E-state index in [-0.39, 0.29) is 12.5 Å². The van der Waals surface area contributed by atoms with Gasteiger partial charge >= 0.3 is 0 Å². The Kier molecular flexibility index (Phi) is 4.77. The van der Waals surface area contributed by atoms with E-state index in [9.17, 15) is 9.90 Å². The molecule has 0 heterocycles. The van der Waals surface area contributed by atoms with Gasteiger partial charge in [-0.3, -0.25) is 4.79 Å². The molecule has 2 aromatic carbocycles. The number of rotatable bonds is 5. The molecule has 1 aliphatic carbocycles. The Hall–Kier alpha value is -2.13. The molecule has 2 aromatic rings. The molecule has 120 valence electrons. The third-order valence-corrected chi connectivity index (χ3v) is 4.62. The number of amides is 1. The summed E-state index contributed by atoms with van der Waals surface area (Å²) in [6.07, 6.45) is 3.82. The minimum Gasteiger partial charge on any atom is -0.383 e. The van der Waals surface area contributed by atoms with E-state index >= 15 is 0 Å². The zero-order valence-corrected chi connectivity index (χ0v) is 13.3. The molecule has 0 aromatic heterocycles. The summed E-state index contributed by atoms with van der Waals surface area (Å²) < 4.78 is 0. The molecule has 0 saturated carbocycles. The predicted molar refractivity (Wildman–Crippen MR) is 91.0 cm³/mol. The van der Waals surface area contributed by atoms with Gasteiger partial charge in [0.2, 0.25) is 5.91 Å². The van der Waals surface area contributed by atoms with Gasteiger partial charge in [-0.2, -0.15) is 0 Å². The maximum absolute atomic E-state index is 12.1. The normalized spacial score (nSPS) is 19.9. The number of hydrogen-bond acceptors (Lipinski definition) is 2. The lowest BCUT2D eigenvalue weighted by Gasteiger charge is -2.34. The third-order valence-electron chi connectivity index (χ3n) is 4.62. The summed E-state index contributed by atoms with van der Waals surface area (Å²) >= 11 is 0. The quantitative estimate of drug-likeness (QED) is 0.892. The summed E-state index contributed by atoms with van der Waals surface area (Å²) in [7, 11) is 0. The number of benzene rings is 2. The van der Waals surface area contributed by atoms with Crippen LogP contribution in [0.2, 0.25) is 0 Å². The molecule has 3 rings (SSSR count). The van der Waals surface area contributed by atoms with Crippen LogP contribution in [-0.4, -0.2) is 17.6 Å². The molecule has 0 spiro atoms. The van der Waals surface area contributed by atoms with Gasteiger partial charge in [0.1, 0.15) is 5.60 Å². The molecule has 2 N–H and O–H groups in total. The zero-order valence-electron chi connectivity index (χ0n) is 13.3. The molecule has 0 radical (unpaired) electrons. The van der Waals surface area contributed by atoms with E-state index in [1.54, 1.807) is 0 Å². The first-order valence-corrected chi connectivity index (χ1v) is 8.29. The van der Waals surface area contributed by atoms with Gasteiger partial charge in [0.15, 0.2) is 0 Å². The summed E-state index contributed by atoms with van der Waals surface area (Å²) in [5.74, 6) is -0.00895. The van der Waals surface area contributed by atoms with E-state index in [0.29, 0.717) is 12.8 Å². The van der Waals surface area contributed by atoms with Gasteiger partial charge in [-0.25, -0.2) is 0 Å². The number of carbonyl (C=O) groups is 1. The summed E-state index contributed by atoms with van der Waals surface area (Å²) in [5, 5.41) is 13.9. The summed E-state index contributed by atoms with van der Waals surface area (Å²) in [4.78, 5) is 12.1. The van der Waals surface area contributed by atoms with Crippen LogP contribution >= 0.6 is 0 Å². The van der Waals surface area contributed by atoms with Crippen LogP contribution in [0, 0.1) is 0 Å². The molecule has 1 amide bonds. The highest BCUT2D eigenvalue weighted by Gasteiger charge is 2.34. The van der Waals surface area contributed by atoms with Crippen molar-refractivity contribution in [2.24, 2.45) is 0 Å². The molecule has 0 saturated heterocycles. The van der Waals surface area contributed by atoms with Crippen LogP contribution in [0.1, 0.15) is 36.0 Å². The minimum atomic E-state index is -0.933. The number of aliphatic hydroxyl groups is 1. The molecule has 0 aliphatic heterocycles. The molecule has 1 unspecified atom stereocenters. The standard InChI is InChI=1S/C20H23NO2/c22-19(13-12-16-7-2-1-3-8-16)21-15-20(23)14-6-10-17-9-4-5-11-18(17)20/h1-5,7-9,11,23H,6,10,12-15H2,(H,21,22). The van der Waals surface area contributed by atoms with Crippen molar-refractivity contribution in [2.45, 2.75) is 37.7 Å². The maximum Gasteiger partial charge on any atom is 0.220 e. The summed E-state index contributed by atoms with van der Waals surface area (Å²) in [5.41, 5.74) is 2.39. The monoisotopic (exact) mass is 309 g/mol. The first-order valence-electron chi connectivity index (χ1n) is 8.29. The van der Waals surface area contributed by atoms with Crippen molar-refractivity contribution in [2.75, 3.05) is 6.54 Å². The second kappa shape index (κ2) is 6.97. The van der Waals surface area contributed by atoms with Gasteiger partial charge in [0.05, 0.1) is 6.54 Å². The summed E-state index contributed by atoms with van der Waals surface area (Å²) in [6.45, 7) is 0.289. The Morgan fingerprint density at radius 1 is 1.09 bits per heavy atom. The van der Waals surface area contributed by atoms with E-state index in [1.165, 1.54) is 5.56 Å². The maximum atomic E-state index is 12.1. The van der Waals surface area contributed by atoms with Crippen molar-refractivity contribution in [1.82, 2.24) is 5.32 Å². The average Bonchev–Trinajstić information content (AvgIpc) is 2.60. The smallest absolute Gasteiger partial charge is 0.220 e. The summed E-state index contributed by atoms with van der Waals surface area (Å²) in [6, 6.07) is 18.0. The van der Waals surface area contributed by atoms with Crippen LogP contribution in [0.25, 0.3) is 0 Å². The van der Waals surface area contributed by atoms with Crippen LogP contribution < -0.4 is 5.32 Å². The highest BCUT2D eigenvalue weighted by Crippen LogP contribution is 2.34. The number of carbonyl (C=O) groups excluding carboxylic acids is 1. The Labute approximate surface area is 137 Å². The molecular formula is C20H23NO2. The molecule has 23 heavy (non-hydrogen) atoms. The Morgan fingerprint density at radius 2 is 1.83 bits per heavy atom. The van der Waals surface area contributed by atoms with Gasteiger partial charge < -0.3 is 10.4 Å². The highest BCUT2D eigenvalue weighted by atomic mass is 16.3. The van der Waals surface area contributed by atoms with Gasteiger partial charge in [0, 0.05) is 6.42 Å². The molecule has 0 bridgehead atoms. The number of hydrogen-bond donors (Lipinski definition) is 2. The third kappa shape index (κ3) is 3.80. The lowest BCUT2D eigenvalue weighted by atomic mass is 9.79. The molecule has 1 atom stereocenters. The Balaban J connectivity index is 1.57. The van der Waals surface area contributed by atoms with Crippen molar-refractivity contribution in [3.63, 3.8) is 0 Å². The van der Waals surface area contributed by atoms with Gasteiger partial charge in [-0.1, -0.05) is 54.6 Å². The molecule has 3 heteroatoms. The van der Waals surface area contributed by atoms with E-state index in [4.69, 9.17) is 0 Å². The average molecular weight is 309 g/mol. The number of aryl methyl sites for hydroxylation is 2. The second-order valence-electron chi connectivity index (χ2n) is 6.30. The van der Waals surface area contributed by atoms with Crippen LogP contribution in [0.5, 0.6) is 0 Å².